The van der Waals surface area contributed by atoms with Crippen LogP contribution in [0.5, 0.6) is 0 Å². The Kier molecular flexibility index (Phi) is 6.06. The number of ether oxygens (including phenoxy) is 2. The second kappa shape index (κ2) is 8.94. The highest BCUT2D eigenvalue weighted by atomic mass is 16.6. The van der Waals surface area contributed by atoms with Gasteiger partial charge in [-0.1, -0.05) is 6.07 Å². The van der Waals surface area contributed by atoms with Gasteiger partial charge in [0.15, 0.2) is 0 Å². The Balaban J connectivity index is 1.15. The third kappa shape index (κ3) is 4.27. The first kappa shape index (κ1) is 21.0. The van der Waals surface area contributed by atoms with Crippen molar-refractivity contribution in [1.82, 2.24) is 14.8 Å². The number of pyridine rings is 1. The van der Waals surface area contributed by atoms with E-state index in [1.54, 1.807) is 0 Å². The van der Waals surface area contributed by atoms with Gasteiger partial charge in [-0.15, -0.1) is 0 Å². The van der Waals surface area contributed by atoms with Crippen LogP contribution in [0.3, 0.4) is 0 Å². The van der Waals surface area contributed by atoms with Crippen molar-refractivity contribution in [3.8, 4) is 0 Å². The van der Waals surface area contributed by atoms with Crippen LogP contribution in [0.25, 0.3) is 0 Å². The largest absolute Gasteiger partial charge is 0.450 e. The summed E-state index contributed by atoms with van der Waals surface area (Å²) in [5, 5.41) is 0. The normalized spacial score (nSPS) is 26.8. The molecule has 1 spiro atoms. The number of rotatable bonds is 4. The zero-order valence-electron chi connectivity index (χ0n) is 18.8. The standard InChI is InChI=1S/C24H36N4O3/c1-2-31-23(29)28-17-24(18-28)8-5-20(16-24)26-10-12-27(13-11-26)22-21(4-3-9-25-22)19-6-14-30-15-7-19/h3-4,9,19-20H,2,5-8,10-18H2,1H3/t20-/m1/s1. The van der Waals surface area contributed by atoms with Crippen LogP contribution in [0.15, 0.2) is 18.3 Å². The molecule has 5 rings (SSSR count). The number of carbonyl (C=O) groups is 1. The maximum Gasteiger partial charge on any atom is 0.409 e. The topological polar surface area (TPSA) is 58.1 Å². The van der Waals surface area contributed by atoms with Crippen LogP contribution in [-0.2, 0) is 9.47 Å². The lowest BCUT2D eigenvalue weighted by molar-refractivity contribution is -0.00294. The molecule has 170 valence electrons. The number of aromatic nitrogens is 1. The zero-order chi connectivity index (χ0) is 21.3. The highest BCUT2D eigenvalue weighted by Crippen LogP contribution is 2.47. The van der Waals surface area contributed by atoms with E-state index in [0.717, 1.165) is 65.3 Å². The van der Waals surface area contributed by atoms with Gasteiger partial charge in [-0.05, 0) is 56.6 Å². The number of amides is 1. The molecule has 7 nitrogen and oxygen atoms in total. The lowest BCUT2D eigenvalue weighted by Gasteiger charge is -2.48. The minimum Gasteiger partial charge on any atom is -0.450 e. The average Bonchev–Trinajstić information content (AvgIpc) is 3.25. The summed E-state index contributed by atoms with van der Waals surface area (Å²) >= 11 is 0. The summed E-state index contributed by atoms with van der Waals surface area (Å²) in [7, 11) is 0. The number of hydrogen-bond donors (Lipinski definition) is 0. The maximum atomic E-state index is 11.9. The molecule has 0 bridgehead atoms. The van der Waals surface area contributed by atoms with Crippen LogP contribution in [0.1, 0.15) is 50.5 Å². The summed E-state index contributed by atoms with van der Waals surface area (Å²) in [4.78, 5) is 23.8. The van der Waals surface area contributed by atoms with E-state index in [1.165, 1.54) is 30.6 Å². The summed E-state index contributed by atoms with van der Waals surface area (Å²) in [6, 6.07) is 5.02. The molecule has 3 aliphatic heterocycles. The zero-order valence-corrected chi connectivity index (χ0v) is 18.8. The maximum absolute atomic E-state index is 11.9. The van der Waals surface area contributed by atoms with Gasteiger partial charge in [0.25, 0.3) is 0 Å². The number of anilines is 1. The molecule has 7 heteroatoms. The van der Waals surface area contributed by atoms with Crippen molar-refractivity contribution in [3.05, 3.63) is 23.9 Å². The molecule has 0 radical (unpaired) electrons. The Morgan fingerprint density at radius 3 is 2.71 bits per heavy atom. The highest BCUT2D eigenvalue weighted by Gasteiger charge is 2.51. The van der Waals surface area contributed by atoms with Crippen LogP contribution in [0.4, 0.5) is 10.6 Å². The van der Waals surface area contributed by atoms with E-state index in [2.05, 4.69) is 21.9 Å². The van der Waals surface area contributed by atoms with Crippen LogP contribution in [0, 0.1) is 5.41 Å². The molecule has 0 unspecified atom stereocenters. The molecular weight excluding hydrogens is 392 g/mol. The average molecular weight is 429 g/mol. The van der Waals surface area contributed by atoms with Gasteiger partial charge in [0.1, 0.15) is 5.82 Å². The molecule has 1 aliphatic carbocycles. The van der Waals surface area contributed by atoms with E-state index in [4.69, 9.17) is 14.5 Å². The van der Waals surface area contributed by atoms with E-state index in [9.17, 15) is 4.79 Å². The second-order valence-corrected chi connectivity index (χ2v) is 9.78. The molecule has 1 aromatic heterocycles. The van der Waals surface area contributed by atoms with Crippen molar-refractivity contribution in [2.24, 2.45) is 5.41 Å². The van der Waals surface area contributed by atoms with Gasteiger partial charge in [-0.3, -0.25) is 4.90 Å². The predicted octanol–water partition coefficient (Wildman–Crippen LogP) is 3.11. The van der Waals surface area contributed by atoms with Crippen LogP contribution in [0.2, 0.25) is 0 Å². The molecule has 1 saturated carbocycles. The van der Waals surface area contributed by atoms with Gasteiger partial charge in [-0.25, -0.2) is 9.78 Å². The van der Waals surface area contributed by atoms with E-state index < -0.39 is 0 Å². The summed E-state index contributed by atoms with van der Waals surface area (Å²) < 4.78 is 10.7. The minimum absolute atomic E-state index is 0.138. The third-order valence-electron chi connectivity index (χ3n) is 7.86. The summed E-state index contributed by atoms with van der Waals surface area (Å²) in [5.74, 6) is 1.77. The van der Waals surface area contributed by atoms with Crippen molar-refractivity contribution >= 4 is 11.9 Å². The fourth-order valence-corrected chi connectivity index (χ4v) is 6.18. The van der Waals surface area contributed by atoms with Crippen molar-refractivity contribution < 1.29 is 14.3 Å². The fourth-order valence-electron chi connectivity index (χ4n) is 6.18. The molecule has 1 atom stereocenters. The van der Waals surface area contributed by atoms with Crippen molar-refractivity contribution in [2.75, 3.05) is 64.0 Å². The van der Waals surface area contributed by atoms with Crippen LogP contribution >= 0.6 is 0 Å². The first-order chi connectivity index (χ1) is 15.2. The number of likely N-dealkylation sites (tertiary alicyclic amines) is 1. The lowest BCUT2D eigenvalue weighted by Crippen LogP contribution is -2.58. The Bertz CT molecular complexity index is 768. The first-order valence-electron chi connectivity index (χ1n) is 12.1. The predicted molar refractivity (Wildman–Crippen MR) is 119 cm³/mol. The van der Waals surface area contributed by atoms with Gasteiger partial charge in [-0.2, -0.15) is 0 Å². The smallest absolute Gasteiger partial charge is 0.409 e. The van der Waals surface area contributed by atoms with Crippen LogP contribution < -0.4 is 4.90 Å². The third-order valence-corrected chi connectivity index (χ3v) is 7.86. The molecule has 0 N–H and O–H groups in total. The Morgan fingerprint density at radius 1 is 1.19 bits per heavy atom. The van der Waals surface area contributed by atoms with E-state index >= 15 is 0 Å². The van der Waals surface area contributed by atoms with Gasteiger partial charge in [0, 0.05) is 70.1 Å². The molecule has 4 heterocycles. The number of carbonyl (C=O) groups excluding carboxylic acids is 1. The van der Waals surface area contributed by atoms with Gasteiger partial charge in [0.2, 0.25) is 0 Å². The molecule has 4 aliphatic rings. The Morgan fingerprint density at radius 2 is 1.97 bits per heavy atom. The van der Waals surface area contributed by atoms with E-state index in [-0.39, 0.29) is 6.09 Å². The molecular formula is C24H36N4O3. The summed E-state index contributed by atoms with van der Waals surface area (Å²) in [6.45, 7) is 10.1. The molecule has 3 saturated heterocycles. The summed E-state index contributed by atoms with van der Waals surface area (Å²) in [6.07, 6.45) is 7.73. The molecule has 0 aromatic carbocycles. The van der Waals surface area contributed by atoms with Gasteiger partial charge in [0.05, 0.1) is 6.61 Å². The van der Waals surface area contributed by atoms with E-state index in [1.807, 2.05) is 18.0 Å². The molecule has 1 aromatic rings. The van der Waals surface area contributed by atoms with Crippen LogP contribution in [-0.4, -0.2) is 86.0 Å². The van der Waals surface area contributed by atoms with Gasteiger partial charge < -0.3 is 19.3 Å². The highest BCUT2D eigenvalue weighted by molar-refractivity contribution is 5.69. The first-order valence-corrected chi connectivity index (χ1v) is 12.1. The Hall–Kier alpha value is -1.86. The van der Waals surface area contributed by atoms with Crippen molar-refractivity contribution in [1.29, 1.82) is 0 Å². The monoisotopic (exact) mass is 428 g/mol. The number of nitrogens with zero attached hydrogens (tertiary/aromatic N) is 4. The quantitative estimate of drug-likeness (QED) is 0.735. The number of piperazine rings is 1. The Labute approximate surface area is 185 Å². The summed E-state index contributed by atoms with van der Waals surface area (Å²) in [5.41, 5.74) is 1.75. The van der Waals surface area contributed by atoms with Crippen molar-refractivity contribution in [2.45, 2.75) is 51.0 Å². The van der Waals surface area contributed by atoms with Crippen molar-refractivity contribution in [3.63, 3.8) is 0 Å². The molecule has 31 heavy (non-hydrogen) atoms. The fraction of sp³-hybridized carbons (Fsp3) is 0.750. The number of hydrogen-bond acceptors (Lipinski definition) is 6. The second-order valence-electron chi connectivity index (χ2n) is 9.78. The lowest BCUT2D eigenvalue weighted by atomic mass is 9.78. The molecule has 1 amide bonds. The van der Waals surface area contributed by atoms with Gasteiger partial charge >= 0.3 is 6.09 Å². The SMILES string of the molecule is CCOC(=O)N1CC2(CC[C@@H](N3CCN(c4ncccc4C4CCOCC4)CC3)C2)C1. The molecule has 4 fully saturated rings. The minimum atomic E-state index is -0.138. The van der Waals surface area contributed by atoms with E-state index in [0.29, 0.717) is 24.0 Å².